The van der Waals surface area contributed by atoms with Crippen LogP contribution in [-0.4, -0.2) is 24.1 Å². The van der Waals surface area contributed by atoms with E-state index in [1.165, 1.54) is 7.11 Å². The van der Waals surface area contributed by atoms with Gasteiger partial charge < -0.3 is 15.2 Å². The number of carbonyl (C=O) groups is 2. The van der Waals surface area contributed by atoms with Crippen molar-refractivity contribution in [3.05, 3.63) is 21.6 Å². The van der Waals surface area contributed by atoms with E-state index in [-0.39, 0.29) is 18.7 Å². The Balaban J connectivity index is 2.86. The number of aliphatic carboxylic acids is 1. The Kier molecular flexibility index (Phi) is 6.04. The Morgan fingerprint density at radius 1 is 1.38 bits per heavy atom. The van der Waals surface area contributed by atoms with Gasteiger partial charge in [-0.25, -0.2) is 0 Å². The number of hydrogen-bond donors (Lipinski definition) is 2. The second-order valence-corrected chi connectivity index (χ2v) is 6.72. The monoisotopic (exact) mass is 377 g/mol. The molecule has 0 heterocycles. The third kappa shape index (κ3) is 5.55. The molecule has 116 valence electrons. The Morgan fingerprint density at radius 2 is 2.00 bits per heavy atom. The summed E-state index contributed by atoms with van der Waals surface area (Å²) in [6.45, 7) is 3.46. The predicted octanol–water partition coefficient (Wildman–Crippen LogP) is 3.94. The number of carboxylic acids is 1. The number of methoxy groups -OCH3 is 1. The fourth-order valence-electron chi connectivity index (χ4n) is 1.96. The van der Waals surface area contributed by atoms with E-state index < -0.39 is 11.4 Å². The van der Waals surface area contributed by atoms with Crippen LogP contribution in [0.15, 0.2) is 16.6 Å². The van der Waals surface area contributed by atoms with E-state index in [0.29, 0.717) is 20.9 Å². The normalized spacial score (nSPS) is 11.1. The van der Waals surface area contributed by atoms with Crippen LogP contribution in [0.5, 0.6) is 5.75 Å². The number of carboxylic acid groups (broad SMARTS) is 1. The molecule has 0 aliphatic carbocycles. The lowest BCUT2D eigenvalue weighted by atomic mass is 9.85. The van der Waals surface area contributed by atoms with Crippen molar-refractivity contribution in [2.24, 2.45) is 5.41 Å². The molecule has 7 heteroatoms. The summed E-state index contributed by atoms with van der Waals surface area (Å²) in [5, 5.41) is 12.0. The first-order chi connectivity index (χ1) is 9.64. The highest BCUT2D eigenvalue weighted by molar-refractivity contribution is 9.10. The minimum atomic E-state index is -0.934. The molecular formula is C14H17BrClNO4. The highest BCUT2D eigenvalue weighted by Crippen LogP contribution is 2.37. The molecule has 1 amide bonds. The summed E-state index contributed by atoms with van der Waals surface area (Å²) in [5.41, 5.74) is -0.202. The van der Waals surface area contributed by atoms with Crippen LogP contribution in [-0.2, 0) is 9.59 Å². The van der Waals surface area contributed by atoms with Gasteiger partial charge in [-0.3, -0.25) is 9.59 Å². The van der Waals surface area contributed by atoms with Crippen molar-refractivity contribution in [1.82, 2.24) is 0 Å². The van der Waals surface area contributed by atoms with Gasteiger partial charge in [0.15, 0.2) is 5.75 Å². The number of ether oxygens (including phenoxy) is 1. The summed E-state index contributed by atoms with van der Waals surface area (Å²) in [5.74, 6) is -0.770. The molecule has 21 heavy (non-hydrogen) atoms. The van der Waals surface area contributed by atoms with E-state index in [1.54, 1.807) is 26.0 Å². The van der Waals surface area contributed by atoms with Crippen LogP contribution in [0, 0.1) is 5.41 Å². The summed E-state index contributed by atoms with van der Waals surface area (Å²) >= 11 is 9.25. The number of benzene rings is 1. The first kappa shape index (κ1) is 17.8. The van der Waals surface area contributed by atoms with Crippen LogP contribution in [0.3, 0.4) is 0 Å². The first-order valence-electron chi connectivity index (χ1n) is 6.19. The molecule has 1 rings (SSSR count). The van der Waals surface area contributed by atoms with Crippen LogP contribution in [0.4, 0.5) is 5.69 Å². The Morgan fingerprint density at radius 3 is 2.52 bits per heavy atom. The molecular weight excluding hydrogens is 362 g/mol. The van der Waals surface area contributed by atoms with E-state index in [0.717, 1.165) is 0 Å². The van der Waals surface area contributed by atoms with E-state index in [9.17, 15) is 9.59 Å². The Hall–Kier alpha value is -1.27. The number of amides is 1. The zero-order chi connectivity index (χ0) is 16.2. The average molecular weight is 379 g/mol. The molecule has 0 aromatic heterocycles. The molecule has 0 spiro atoms. The van der Waals surface area contributed by atoms with Crippen LogP contribution in [0.25, 0.3) is 0 Å². The van der Waals surface area contributed by atoms with Crippen LogP contribution < -0.4 is 10.1 Å². The first-order valence-corrected chi connectivity index (χ1v) is 7.36. The molecule has 0 fully saturated rings. The molecule has 0 atom stereocenters. The average Bonchev–Trinajstić information content (AvgIpc) is 2.24. The topological polar surface area (TPSA) is 75.6 Å². The van der Waals surface area contributed by atoms with Crippen LogP contribution >= 0.6 is 27.5 Å². The third-order valence-electron chi connectivity index (χ3n) is 2.76. The van der Waals surface area contributed by atoms with Crippen molar-refractivity contribution < 1.29 is 19.4 Å². The second kappa shape index (κ2) is 7.13. The van der Waals surface area contributed by atoms with Gasteiger partial charge in [-0.05, 0) is 33.5 Å². The van der Waals surface area contributed by atoms with Gasteiger partial charge in [0.2, 0.25) is 5.91 Å². The van der Waals surface area contributed by atoms with Gasteiger partial charge in [0.25, 0.3) is 0 Å². The molecule has 0 aliphatic heterocycles. The predicted molar refractivity (Wildman–Crippen MR) is 85.0 cm³/mol. The summed E-state index contributed by atoms with van der Waals surface area (Å²) in [4.78, 5) is 22.9. The van der Waals surface area contributed by atoms with Gasteiger partial charge in [0.1, 0.15) is 0 Å². The molecule has 0 aliphatic rings. The molecule has 5 nitrogen and oxygen atoms in total. The molecule has 0 unspecified atom stereocenters. The van der Waals surface area contributed by atoms with Gasteiger partial charge in [0, 0.05) is 11.4 Å². The standard InChI is InChI=1S/C14H17BrClNO4/c1-14(2,7-12(19)20)6-11(18)17-10-5-8(16)4-9(15)13(10)21-3/h4-5H,6-7H2,1-3H3,(H,17,18)(H,19,20). The fraction of sp³-hybridized carbons (Fsp3) is 0.429. The van der Waals surface area contributed by atoms with Crippen molar-refractivity contribution in [3.63, 3.8) is 0 Å². The van der Waals surface area contributed by atoms with Crippen molar-refractivity contribution in [2.75, 3.05) is 12.4 Å². The number of anilines is 1. The van der Waals surface area contributed by atoms with E-state index in [2.05, 4.69) is 21.2 Å². The lowest BCUT2D eigenvalue weighted by Crippen LogP contribution is -2.25. The smallest absolute Gasteiger partial charge is 0.303 e. The summed E-state index contributed by atoms with van der Waals surface area (Å²) in [6.07, 6.45) is -0.0105. The number of hydrogen-bond acceptors (Lipinski definition) is 3. The lowest BCUT2D eigenvalue weighted by molar-refractivity contribution is -0.139. The number of rotatable bonds is 6. The summed E-state index contributed by atoms with van der Waals surface area (Å²) < 4.78 is 5.84. The minimum Gasteiger partial charge on any atom is -0.493 e. The van der Waals surface area contributed by atoms with Crippen LogP contribution in [0.2, 0.25) is 5.02 Å². The molecule has 1 aromatic carbocycles. The number of carbonyl (C=O) groups excluding carboxylic acids is 1. The molecule has 2 N–H and O–H groups in total. The zero-order valence-corrected chi connectivity index (χ0v) is 14.3. The fourth-order valence-corrected chi connectivity index (χ4v) is 2.93. The van der Waals surface area contributed by atoms with E-state index >= 15 is 0 Å². The highest BCUT2D eigenvalue weighted by Gasteiger charge is 2.25. The molecule has 0 saturated carbocycles. The third-order valence-corrected chi connectivity index (χ3v) is 3.56. The molecule has 1 aromatic rings. The Bertz CT molecular complexity index is 560. The maximum atomic E-state index is 12.1. The quantitative estimate of drug-likeness (QED) is 0.786. The SMILES string of the molecule is COc1c(Br)cc(Cl)cc1NC(=O)CC(C)(C)CC(=O)O. The minimum absolute atomic E-state index is 0.0760. The molecule has 0 saturated heterocycles. The summed E-state index contributed by atoms with van der Waals surface area (Å²) in [7, 11) is 1.48. The van der Waals surface area contributed by atoms with Crippen molar-refractivity contribution in [3.8, 4) is 5.75 Å². The molecule has 0 radical (unpaired) electrons. The van der Waals surface area contributed by atoms with Gasteiger partial charge in [0.05, 0.1) is 23.7 Å². The number of nitrogens with one attached hydrogen (secondary N) is 1. The van der Waals surface area contributed by atoms with Gasteiger partial charge >= 0.3 is 5.97 Å². The summed E-state index contributed by atoms with van der Waals surface area (Å²) in [6, 6.07) is 3.23. The largest absolute Gasteiger partial charge is 0.493 e. The van der Waals surface area contributed by atoms with Crippen molar-refractivity contribution >= 4 is 45.1 Å². The zero-order valence-electron chi connectivity index (χ0n) is 12.0. The van der Waals surface area contributed by atoms with Gasteiger partial charge in [-0.15, -0.1) is 0 Å². The lowest BCUT2D eigenvalue weighted by Gasteiger charge is -2.22. The van der Waals surface area contributed by atoms with E-state index in [1.807, 2.05) is 0 Å². The van der Waals surface area contributed by atoms with E-state index in [4.69, 9.17) is 21.4 Å². The van der Waals surface area contributed by atoms with Gasteiger partial charge in [-0.2, -0.15) is 0 Å². The van der Waals surface area contributed by atoms with Gasteiger partial charge in [-0.1, -0.05) is 25.4 Å². The van der Waals surface area contributed by atoms with Crippen molar-refractivity contribution in [2.45, 2.75) is 26.7 Å². The highest BCUT2D eigenvalue weighted by atomic mass is 79.9. The van der Waals surface area contributed by atoms with Crippen LogP contribution in [0.1, 0.15) is 26.7 Å². The maximum Gasteiger partial charge on any atom is 0.303 e. The number of halogens is 2. The second-order valence-electron chi connectivity index (χ2n) is 5.43. The maximum absolute atomic E-state index is 12.1. The Labute approximate surface area is 136 Å². The molecule has 0 bridgehead atoms. The van der Waals surface area contributed by atoms with Crippen molar-refractivity contribution in [1.29, 1.82) is 0 Å².